The molecule has 4 atom stereocenters. The third-order valence-corrected chi connectivity index (χ3v) is 5.75. The largest absolute Gasteiger partial charge is 0.488 e. The monoisotopic (exact) mass is 402 g/mol. The highest BCUT2D eigenvalue weighted by molar-refractivity contribution is 5.21. The lowest BCUT2D eigenvalue weighted by atomic mass is 9.89. The number of ether oxygens (including phenoxy) is 3. The summed E-state index contributed by atoms with van der Waals surface area (Å²) in [6.07, 6.45) is 11.6. The van der Waals surface area contributed by atoms with E-state index in [2.05, 4.69) is 19.1 Å². The van der Waals surface area contributed by atoms with Gasteiger partial charge in [0.1, 0.15) is 12.4 Å². The van der Waals surface area contributed by atoms with Gasteiger partial charge in [-0.15, -0.1) is 0 Å². The normalized spacial score (nSPS) is 29.2. The van der Waals surface area contributed by atoms with Crippen molar-refractivity contribution in [1.29, 1.82) is 0 Å². The van der Waals surface area contributed by atoms with Gasteiger partial charge >= 0.3 is 0 Å². The van der Waals surface area contributed by atoms with Crippen LogP contribution in [-0.2, 0) is 9.47 Å². The van der Waals surface area contributed by atoms with Crippen molar-refractivity contribution in [3.05, 3.63) is 54.6 Å². The third kappa shape index (κ3) is 6.16. The van der Waals surface area contributed by atoms with Crippen LogP contribution in [0.15, 0.2) is 54.6 Å². The van der Waals surface area contributed by atoms with E-state index in [1.807, 2.05) is 42.5 Å². The van der Waals surface area contributed by atoms with Crippen LogP contribution in [0.3, 0.4) is 0 Å². The molecule has 1 saturated carbocycles. The maximum absolute atomic E-state index is 10.5. The zero-order valence-electron chi connectivity index (χ0n) is 17.3. The molecule has 0 amide bonds. The Kier molecular flexibility index (Phi) is 8.30. The summed E-state index contributed by atoms with van der Waals surface area (Å²) < 4.78 is 17.6. The highest BCUT2D eigenvalue weighted by atomic mass is 16.8. The quantitative estimate of drug-likeness (QED) is 0.459. The van der Waals surface area contributed by atoms with E-state index in [0.717, 1.165) is 18.6 Å². The molecule has 0 aromatic heterocycles. The van der Waals surface area contributed by atoms with E-state index in [-0.39, 0.29) is 18.4 Å². The molecule has 1 aromatic rings. The number of hydrogen-bond acceptors (Lipinski definition) is 5. The van der Waals surface area contributed by atoms with Gasteiger partial charge in [0.15, 0.2) is 0 Å². The maximum atomic E-state index is 10.5. The van der Waals surface area contributed by atoms with Gasteiger partial charge < -0.3 is 24.4 Å². The second-order valence-corrected chi connectivity index (χ2v) is 7.93. The van der Waals surface area contributed by atoms with E-state index in [9.17, 15) is 10.2 Å². The SMILES string of the molecule is CCCC/C=C/CC1C(O)CC(O)C1/C=C/C1(COc2ccccc2)OCCO1. The van der Waals surface area contributed by atoms with Gasteiger partial charge in [0.05, 0.1) is 25.4 Å². The summed E-state index contributed by atoms with van der Waals surface area (Å²) in [7, 11) is 0. The third-order valence-electron chi connectivity index (χ3n) is 5.75. The first kappa shape index (κ1) is 22.0. The second kappa shape index (κ2) is 10.9. The molecule has 0 bridgehead atoms. The van der Waals surface area contributed by atoms with Gasteiger partial charge in [-0.25, -0.2) is 0 Å². The van der Waals surface area contributed by atoms with Crippen molar-refractivity contribution in [2.24, 2.45) is 11.8 Å². The van der Waals surface area contributed by atoms with Crippen LogP contribution in [0.2, 0.25) is 0 Å². The van der Waals surface area contributed by atoms with E-state index in [1.165, 1.54) is 12.8 Å². The fourth-order valence-electron chi connectivity index (χ4n) is 4.06. The average Bonchev–Trinajstić information content (AvgIpc) is 3.30. The van der Waals surface area contributed by atoms with E-state index in [1.54, 1.807) is 0 Å². The van der Waals surface area contributed by atoms with Crippen molar-refractivity contribution in [2.75, 3.05) is 19.8 Å². The molecule has 1 saturated heterocycles. The van der Waals surface area contributed by atoms with Crippen molar-refractivity contribution < 1.29 is 24.4 Å². The highest BCUT2D eigenvalue weighted by Crippen LogP contribution is 2.37. The number of aliphatic hydroxyl groups excluding tert-OH is 2. The van der Waals surface area contributed by atoms with E-state index < -0.39 is 18.0 Å². The number of unbranched alkanes of at least 4 members (excludes halogenated alkanes) is 2. The van der Waals surface area contributed by atoms with Crippen LogP contribution in [0.5, 0.6) is 5.75 Å². The molecule has 2 N–H and O–H groups in total. The smallest absolute Gasteiger partial charge is 0.223 e. The predicted molar refractivity (Wildman–Crippen MR) is 113 cm³/mol. The molecular weight excluding hydrogens is 368 g/mol. The minimum absolute atomic E-state index is 0.00683. The fourth-order valence-corrected chi connectivity index (χ4v) is 4.06. The Morgan fingerprint density at radius 2 is 1.86 bits per heavy atom. The topological polar surface area (TPSA) is 68.2 Å². The summed E-state index contributed by atoms with van der Waals surface area (Å²) in [6, 6.07) is 9.57. The maximum Gasteiger partial charge on any atom is 0.223 e. The average molecular weight is 403 g/mol. The van der Waals surface area contributed by atoms with E-state index in [0.29, 0.717) is 19.6 Å². The van der Waals surface area contributed by atoms with Gasteiger partial charge in [-0.2, -0.15) is 0 Å². The van der Waals surface area contributed by atoms with Gasteiger partial charge in [0, 0.05) is 12.3 Å². The number of para-hydroxylation sites is 1. The fraction of sp³-hybridized carbons (Fsp3) is 0.583. The first-order valence-electron chi connectivity index (χ1n) is 10.8. The summed E-state index contributed by atoms with van der Waals surface area (Å²) in [5.74, 6) is -0.342. The summed E-state index contributed by atoms with van der Waals surface area (Å²) >= 11 is 0. The molecule has 160 valence electrons. The van der Waals surface area contributed by atoms with Crippen LogP contribution in [0.4, 0.5) is 0 Å². The molecule has 0 radical (unpaired) electrons. The van der Waals surface area contributed by atoms with Crippen molar-refractivity contribution in [3.63, 3.8) is 0 Å². The lowest BCUT2D eigenvalue weighted by Crippen LogP contribution is -2.35. The summed E-state index contributed by atoms with van der Waals surface area (Å²) in [5.41, 5.74) is 0. The molecule has 3 rings (SSSR count). The first-order chi connectivity index (χ1) is 14.1. The Bertz CT molecular complexity index is 650. The van der Waals surface area contributed by atoms with Crippen molar-refractivity contribution in [2.45, 2.75) is 57.0 Å². The molecule has 1 heterocycles. The molecule has 0 spiro atoms. The first-order valence-corrected chi connectivity index (χ1v) is 10.8. The summed E-state index contributed by atoms with van der Waals surface area (Å²) in [6.45, 7) is 3.42. The van der Waals surface area contributed by atoms with Crippen LogP contribution in [0.1, 0.15) is 39.0 Å². The predicted octanol–water partition coefficient (Wildman–Crippen LogP) is 3.86. The number of allylic oxidation sites excluding steroid dienone is 2. The second-order valence-electron chi connectivity index (χ2n) is 7.93. The Morgan fingerprint density at radius 1 is 1.10 bits per heavy atom. The molecule has 1 aromatic carbocycles. The minimum atomic E-state index is -0.954. The number of aliphatic hydroxyl groups is 2. The van der Waals surface area contributed by atoms with Crippen molar-refractivity contribution in [1.82, 2.24) is 0 Å². The van der Waals surface area contributed by atoms with Crippen LogP contribution >= 0.6 is 0 Å². The molecule has 1 aliphatic carbocycles. The molecule has 1 aliphatic heterocycles. The number of benzene rings is 1. The van der Waals surface area contributed by atoms with Crippen molar-refractivity contribution in [3.8, 4) is 5.75 Å². The Morgan fingerprint density at radius 3 is 2.59 bits per heavy atom. The molecule has 5 heteroatoms. The van der Waals surface area contributed by atoms with E-state index >= 15 is 0 Å². The van der Waals surface area contributed by atoms with E-state index in [4.69, 9.17) is 14.2 Å². The molecule has 5 nitrogen and oxygen atoms in total. The lowest BCUT2D eigenvalue weighted by molar-refractivity contribution is -0.139. The van der Waals surface area contributed by atoms with Gasteiger partial charge in [0.2, 0.25) is 5.79 Å². The van der Waals surface area contributed by atoms with Gasteiger partial charge in [-0.1, -0.05) is 56.2 Å². The van der Waals surface area contributed by atoms with Crippen LogP contribution in [-0.4, -0.2) is 48.0 Å². The minimum Gasteiger partial charge on any atom is -0.488 e. The summed E-state index contributed by atoms with van der Waals surface area (Å²) in [5, 5.41) is 20.9. The molecule has 2 fully saturated rings. The van der Waals surface area contributed by atoms with Gasteiger partial charge in [-0.3, -0.25) is 0 Å². The van der Waals surface area contributed by atoms with Crippen molar-refractivity contribution >= 4 is 0 Å². The lowest BCUT2D eigenvalue weighted by Gasteiger charge is -2.26. The zero-order valence-corrected chi connectivity index (χ0v) is 17.3. The Labute approximate surface area is 174 Å². The Balaban J connectivity index is 1.64. The molecular formula is C24H34O5. The molecule has 29 heavy (non-hydrogen) atoms. The Hall–Kier alpha value is -1.66. The van der Waals surface area contributed by atoms with Crippen LogP contribution < -0.4 is 4.74 Å². The van der Waals surface area contributed by atoms with Crippen LogP contribution in [0.25, 0.3) is 0 Å². The summed E-state index contributed by atoms with van der Waals surface area (Å²) in [4.78, 5) is 0. The van der Waals surface area contributed by atoms with Gasteiger partial charge in [-0.05, 0) is 37.0 Å². The molecule has 4 unspecified atom stereocenters. The number of rotatable bonds is 10. The standard InChI is InChI=1S/C24H34O5/c1-2-3-4-5-9-12-20-21(23(26)17-22(20)25)13-14-24(28-15-16-29-24)18-27-19-10-7-6-8-11-19/h5-11,13-14,20-23,25-26H,2-4,12,15-18H2,1H3/b9-5+,14-13+. The number of hydrogen-bond donors (Lipinski definition) is 2. The van der Waals surface area contributed by atoms with Gasteiger partial charge in [0.25, 0.3) is 0 Å². The molecule has 2 aliphatic rings. The zero-order chi connectivity index (χ0) is 20.5. The highest BCUT2D eigenvalue weighted by Gasteiger charge is 2.41. The van der Waals surface area contributed by atoms with Crippen LogP contribution in [0, 0.1) is 11.8 Å².